The average molecular weight is 463 g/mol. The van der Waals surface area contributed by atoms with Crippen LogP contribution in [0.2, 0.25) is 0 Å². The second-order valence-electron chi connectivity index (χ2n) is 7.34. The van der Waals surface area contributed by atoms with Gasteiger partial charge in [-0.15, -0.1) is 21.5 Å². The molecule has 1 aliphatic heterocycles. The smallest absolute Gasteiger partial charge is 0.243 e. The molecular weight excluding hydrogens is 440 g/mol. The fraction of sp³-hybridized carbons (Fsp3) is 0.400. The molecule has 0 radical (unpaired) electrons. The van der Waals surface area contributed by atoms with Crippen molar-refractivity contribution in [2.24, 2.45) is 0 Å². The molecule has 0 spiro atoms. The highest BCUT2D eigenvalue weighted by molar-refractivity contribution is 7.98. The molecule has 0 unspecified atom stereocenters. The molecule has 1 aliphatic carbocycles. The van der Waals surface area contributed by atoms with Crippen molar-refractivity contribution >= 4 is 33.1 Å². The maximum atomic E-state index is 12.9. The molecule has 5 rings (SSSR count). The van der Waals surface area contributed by atoms with Crippen LogP contribution in [-0.2, 0) is 20.5 Å². The molecule has 2 aromatic heterocycles. The predicted octanol–water partition coefficient (Wildman–Crippen LogP) is 3.65. The van der Waals surface area contributed by atoms with E-state index >= 15 is 0 Å². The summed E-state index contributed by atoms with van der Waals surface area (Å²) in [6.45, 7) is 1.69. The van der Waals surface area contributed by atoms with Crippen LogP contribution in [-0.4, -0.2) is 53.8 Å². The van der Waals surface area contributed by atoms with Crippen molar-refractivity contribution in [1.29, 1.82) is 0 Å². The number of ether oxygens (including phenoxy) is 1. The third-order valence-corrected chi connectivity index (χ3v) is 8.97. The van der Waals surface area contributed by atoms with Crippen LogP contribution in [0.3, 0.4) is 0 Å². The van der Waals surface area contributed by atoms with E-state index in [4.69, 9.17) is 4.74 Å². The van der Waals surface area contributed by atoms with E-state index in [1.54, 1.807) is 35.2 Å². The molecule has 0 bridgehead atoms. The number of rotatable bonds is 7. The molecule has 2 fully saturated rings. The Kier molecular flexibility index (Phi) is 5.67. The fourth-order valence-electron chi connectivity index (χ4n) is 3.49. The molecule has 1 saturated carbocycles. The minimum Gasteiger partial charge on any atom is -0.379 e. The van der Waals surface area contributed by atoms with Crippen molar-refractivity contribution in [2.45, 2.75) is 34.7 Å². The number of hydrogen-bond acceptors (Lipinski definition) is 7. The molecule has 7 nitrogen and oxygen atoms in total. The van der Waals surface area contributed by atoms with Gasteiger partial charge in [-0.25, -0.2) is 8.42 Å². The number of thiophene rings is 1. The molecule has 0 amide bonds. The third-order valence-electron chi connectivity index (χ3n) is 5.19. The van der Waals surface area contributed by atoms with E-state index in [-0.39, 0.29) is 0 Å². The molecule has 2 aliphatic rings. The lowest BCUT2D eigenvalue weighted by Gasteiger charge is -2.26. The molecule has 158 valence electrons. The number of aromatic nitrogens is 3. The quantitative estimate of drug-likeness (QED) is 0.499. The van der Waals surface area contributed by atoms with E-state index in [1.807, 2.05) is 18.2 Å². The maximum absolute atomic E-state index is 12.9. The first-order valence-electron chi connectivity index (χ1n) is 9.91. The molecule has 0 atom stereocenters. The summed E-state index contributed by atoms with van der Waals surface area (Å²) in [6.07, 6.45) is 2.30. The van der Waals surface area contributed by atoms with Gasteiger partial charge in [0.05, 0.1) is 23.0 Å². The monoisotopic (exact) mass is 462 g/mol. The number of thioether (sulfide) groups is 1. The summed E-state index contributed by atoms with van der Waals surface area (Å²) in [4.78, 5) is 1.46. The Morgan fingerprint density at radius 1 is 1.13 bits per heavy atom. The fourth-order valence-corrected chi connectivity index (χ4v) is 6.62. The average Bonchev–Trinajstić information content (AvgIpc) is 3.29. The van der Waals surface area contributed by atoms with Crippen molar-refractivity contribution in [3.05, 3.63) is 47.3 Å². The second-order valence-corrected chi connectivity index (χ2v) is 11.2. The minimum atomic E-state index is -3.49. The first kappa shape index (κ1) is 20.2. The van der Waals surface area contributed by atoms with Crippen LogP contribution in [0.25, 0.3) is 10.7 Å². The zero-order valence-corrected chi connectivity index (χ0v) is 18.8. The zero-order valence-electron chi connectivity index (χ0n) is 16.3. The van der Waals surface area contributed by atoms with Gasteiger partial charge in [0.1, 0.15) is 0 Å². The molecule has 3 heterocycles. The summed E-state index contributed by atoms with van der Waals surface area (Å²) in [7, 11) is -3.49. The van der Waals surface area contributed by atoms with Gasteiger partial charge in [-0.3, -0.25) is 4.57 Å². The lowest BCUT2D eigenvalue weighted by molar-refractivity contribution is 0.0730. The van der Waals surface area contributed by atoms with Gasteiger partial charge in [0.2, 0.25) is 10.0 Å². The Hall–Kier alpha value is -1.72. The molecule has 30 heavy (non-hydrogen) atoms. The van der Waals surface area contributed by atoms with E-state index in [0.29, 0.717) is 43.0 Å². The number of sulfonamides is 1. The van der Waals surface area contributed by atoms with Gasteiger partial charge in [0, 0.05) is 24.9 Å². The van der Waals surface area contributed by atoms with Crippen molar-refractivity contribution < 1.29 is 13.2 Å². The van der Waals surface area contributed by atoms with E-state index in [0.717, 1.165) is 34.3 Å². The highest BCUT2D eigenvalue weighted by atomic mass is 32.2. The summed E-state index contributed by atoms with van der Waals surface area (Å²) in [5, 5.41) is 11.8. The van der Waals surface area contributed by atoms with Gasteiger partial charge >= 0.3 is 0 Å². The topological polar surface area (TPSA) is 77.3 Å². The standard InChI is InChI=1S/C20H22N4O3S3/c25-30(26,23-8-10-27-11-9-23)17-4-1-3-15(13-17)14-29-20-22-21-19(18-5-2-12-28-18)24(20)16-6-7-16/h1-5,12-13,16H,6-11,14H2. The Morgan fingerprint density at radius 2 is 1.97 bits per heavy atom. The van der Waals surface area contributed by atoms with Crippen molar-refractivity contribution in [1.82, 2.24) is 19.1 Å². The van der Waals surface area contributed by atoms with E-state index in [9.17, 15) is 8.42 Å². The van der Waals surface area contributed by atoms with Gasteiger partial charge in [-0.2, -0.15) is 4.31 Å². The highest BCUT2D eigenvalue weighted by Crippen LogP contribution is 2.42. The van der Waals surface area contributed by atoms with E-state index in [1.165, 1.54) is 4.31 Å². The first-order chi connectivity index (χ1) is 14.6. The van der Waals surface area contributed by atoms with Gasteiger partial charge in [0.25, 0.3) is 0 Å². The molecule has 10 heteroatoms. The van der Waals surface area contributed by atoms with Crippen molar-refractivity contribution in [2.75, 3.05) is 26.3 Å². The van der Waals surface area contributed by atoms with Crippen LogP contribution in [0.4, 0.5) is 0 Å². The minimum absolute atomic E-state index is 0.338. The second kappa shape index (κ2) is 8.43. The highest BCUT2D eigenvalue weighted by Gasteiger charge is 2.30. The van der Waals surface area contributed by atoms with Crippen LogP contribution >= 0.6 is 23.1 Å². The Balaban J connectivity index is 1.35. The van der Waals surface area contributed by atoms with E-state index in [2.05, 4.69) is 26.2 Å². The largest absolute Gasteiger partial charge is 0.379 e. The molecule has 0 N–H and O–H groups in total. The number of nitrogens with zero attached hydrogens (tertiary/aromatic N) is 4. The van der Waals surface area contributed by atoms with Crippen molar-refractivity contribution in [3.63, 3.8) is 0 Å². The number of hydrogen-bond donors (Lipinski definition) is 0. The van der Waals surface area contributed by atoms with Crippen LogP contribution in [0.5, 0.6) is 0 Å². The SMILES string of the molecule is O=S(=O)(c1cccc(CSc2nnc(-c3cccs3)n2C2CC2)c1)N1CCOCC1. The molecular formula is C20H22N4O3S3. The normalized spacial score (nSPS) is 18.0. The lowest BCUT2D eigenvalue weighted by Crippen LogP contribution is -2.40. The van der Waals surface area contributed by atoms with Crippen LogP contribution in [0.1, 0.15) is 24.4 Å². The summed E-state index contributed by atoms with van der Waals surface area (Å²) < 4.78 is 34.9. The summed E-state index contributed by atoms with van der Waals surface area (Å²) in [6, 6.07) is 11.8. The van der Waals surface area contributed by atoms with Gasteiger partial charge < -0.3 is 4.74 Å². The predicted molar refractivity (Wildman–Crippen MR) is 117 cm³/mol. The van der Waals surface area contributed by atoms with Gasteiger partial charge in [0.15, 0.2) is 11.0 Å². The molecule has 1 aromatic carbocycles. The van der Waals surface area contributed by atoms with Crippen LogP contribution in [0.15, 0.2) is 51.8 Å². The third kappa shape index (κ3) is 4.06. The molecule has 1 saturated heterocycles. The van der Waals surface area contributed by atoms with Gasteiger partial charge in [-0.1, -0.05) is 30.0 Å². The van der Waals surface area contributed by atoms with E-state index < -0.39 is 10.0 Å². The summed E-state index contributed by atoms with van der Waals surface area (Å²) in [5.74, 6) is 1.57. The number of benzene rings is 1. The summed E-state index contributed by atoms with van der Waals surface area (Å²) in [5.41, 5.74) is 0.956. The zero-order chi connectivity index (χ0) is 20.6. The Labute approximate surface area is 184 Å². The van der Waals surface area contributed by atoms with Gasteiger partial charge in [-0.05, 0) is 42.0 Å². The summed E-state index contributed by atoms with van der Waals surface area (Å²) >= 11 is 3.28. The van der Waals surface area contributed by atoms with Crippen molar-refractivity contribution in [3.8, 4) is 10.7 Å². The van der Waals surface area contributed by atoms with Crippen LogP contribution in [0, 0.1) is 0 Å². The Morgan fingerprint density at radius 3 is 2.70 bits per heavy atom. The lowest BCUT2D eigenvalue weighted by atomic mass is 10.2. The molecule has 3 aromatic rings. The Bertz CT molecular complexity index is 1120. The first-order valence-corrected chi connectivity index (χ1v) is 13.2. The number of morpholine rings is 1. The maximum Gasteiger partial charge on any atom is 0.243 e. The van der Waals surface area contributed by atoms with Crippen LogP contribution < -0.4 is 0 Å².